The van der Waals surface area contributed by atoms with E-state index in [1.165, 1.54) is 0 Å². The van der Waals surface area contributed by atoms with Crippen molar-refractivity contribution >= 4 is 10.2 Å². The van der Waals surface area contributed by atoms with Gasteiger partial charge in [0.15, 0.2) is 10.2 Å². The van der Waals surface area contributed by atoms with Crippen molar-refractivity contribution in [3.63, 3.8) is 0 Å². The molecule has 0 bridgehead atoms. The minimum atomic E-state index is -1.52. The Morgan fingerprint density at radius 2 is 1.07 bits per heavy atom. The molecule has 0 aromatic carbocycles. The van der Waals surface area contributed by atoms with Crippen LogP contribution < -0.4 is 0 Å². The van der Waals surface area contributed by atoms with Crippen molar-refractivity contribution in [3.05, 3.63) is 0 Å². The Morgan fingerprint density at radius 3 is 1.29 bits per heavy atom. The topological polar surface area (TPSA) is 88.4 Å². The second-order valence-corrected chi connectivity index (χ2v) is 2.88. The van der Waals surface area contributed by atoms with Gasteiger partial charge in [0.2, 0.25) is 5.60 Å². The van der Waals surface area contributed by atoms with E-state index in [2.05, 4.69) is 10.2 Å². The number of hydrogen-bond donors (Lipinski definition) is 3. The molecular weight excluding hydrogens is 208 g/mol. The van der Waals surface area contributed by atoms with E-state index in [1.54, 1.807) is 0 Å². The quantitative estimate of drug-likeness (QED) is 0.303. The van der Waals surface area contributed by atoms with Crippen LogP contribution in [0.5, 0.6) is 0 Å². The van der Waals surface area contributed by atoms with E-state index in [9.17, 15) is 0 Å². The fourth-order valence-corrected chi connectivity index (χ4v) is 0.971. The molecule has 3 radical (unpaired) electrons. The minimum absolute atomic E-state index is 0.0142. The van der Waals surface area contributed by atoms with Gasteiger partial charge in [-0.1, -0.05) is 0 Å². The molecule has 0 aromatic heterocycles. The summed E-state index contributed by atoms with van der Waals surface area (Å²) >= 11 is 0. The van der Waals surface area contributed by atoms with Crippen molar-refractivity contribution in [2.75, 3.05) is 39.6 Å². The summed E-state index contributed by atoms with van der Waals surface area (Å²) in [6.07, 6.45) is 0. The van der Waals surface area contributed by atoms with Gasteiger partial charge in [-0.3, -0.25) is 0 Å². The van der Waals surface area contributed by atoms with Gasteiger partial charge in [-0.05, 0) is 0 Å². The Kier molecular flexibility index (Phi) is 8.29. The van der Waals surface area contributed by atoms with Gasteiger partial charge in [-0.2, -0.15) is 0 Å². The molecule has 83 valence electrons. The van der Waals surface area contributed by atoms with Gasteiger partial charge in [-0.15, -0.1) is 0 Å². The molecule has 0 rings (SSSR count). The van der Waals surface area contributed by atoms with Crippen LogP contribution in [-0.4, -0.2) is 70.8 Å². The summed E-state index contributed by atoms with van der Waals surface area (Å²) in [5.41, 5.74) is -1.52. The average molecular weight is 223 g/mol. The van der Waals surface area contributed by atoms with Gasteiger partial charge in [-0.25, -0.2) is 0 Å². The maximum atomic E-state index is 8.52. The zero-order valence-electron chi connectivity index (χ0n) is 7.81. The molecule has 0 spiro atoms. The summed E-state index contributed by atoms with van der Waals surface area (Å²) < 4.78 is 14.9. The molecule has 7 heteroatoms. The number of hydrogen-bond acceptors (Lipinski definition) is 6. The molecule has 0 saturated heterocycles. The Morgan fingerprint density at radius 1 is 0.786 bits per heavy atom. The highest BCUT2D eigenvalue weighted by Gasteiger charge is 2.26. The molecule has 0 heterocycles. The Balaban J connectivity index is 3.89. The van der Waals surface area contributed by atoms with Crippen LogP contribution in [0.15, 0.2) is 0 Å². The first-order chi connectivity index (χ1) is 6.68. The van der Waals surface area contributed by atoms with E-state index in [0.717, 1.165) is 0 Å². The predicted molar refractivity (Wildman–Crippen MR) is 47.6 cm³/mol. The van der Waals surface area contributed by atoms with Gasteiger partial charge >= 0.3 is 0 Å². The van der Waals surface area contributed by atoms with Crippen molar-refractivity contribution in [1.29, 1.82) is 0 Å². The van der Waals surface area contributed by atoms with E-state index in [1.807, 2.05) is 0 Å². The molecule has 0 unspecified atom stereocenters. The smallest absolute Gasteiger partial charge is 0.248 e. The van der Waals surface area contributed by atoms with Gasteiger partial charge < -0.3 is 29.5 Å². The van der Waals surface area contributed by atoms with Gasteiger partial charge in [0.05, 0.1) is 39.6 Å². The van der Waals surface area contributed by atoms with E-state index < -0.39 is 5.60 Å². The highest BCUT2D eigenvalue weighted by Crippen LogP contribution is 2.09. The third-order valence-electron chi connectivity index (χ3n) is 1.15. The van der Waals surface area contributed by atoms with E-state index >= 15 is 0 Å². The monoisotopic (exact) mass is 223 g/mol. The lowest BCUT2D eigenvalue weighted by atomic mass is 10.7. The Hall–Kier alpha value is -0.0231. The largest absolute Gasteiger partial charge is 0.394 e. The van der Waals surface area contributed by atoms with Crippen LogP contribution in [0.2, 0.25) is 0 Å². The molecule has 6 nitrogen and oxygen atoms in total. The van der Waals surface area contributed by atoms with Crippen molar-refractivity contribution in [2.24, 2.45) is 0 Å². The zero-order valence-corrected chi connectivity index (χ0v) is 8.81. The van der Waals surface area contributed by atoms with Crippen molar-refractivity contribution in [2.45, 2.75) is 5.60 Å². The molecule has 0 aliphatic carbocycles. The predicted octanol–water partition coefficient (Wildman–Crippen LogP) is -2.21. The summed E-state index contributed by atoms with van der Waals surface area (Å²) in [6, 6.07) is 0. The van der Waals surface area contributed by atoms with Crippen LogP contribution in [0.25, 0.3) is 0 Å². The first-order valence-corrected chi connectivity index (χ1v) is 4.68. The molecule has 0 aromatic rings. The SMILES string of the molecule is OCCOC([Si])(OCCO)OCCO. The number of aliphatic hydroxyl groups excluding tert-OH is 3. The third-order valence-corrected chi connectivity index (χ3v) is 1.58. The summed E-state index contributed by atoms with van der Waals surface area (Å²) in [5, 5.41) is 25.6. The van der Waals surface area contributed by atoms with Crippen LogP contribution in [0, 0.1) is 0 Å². The first kappa shape index (κ1) is 14.0. The molecule has 0 fully saturated rings. The van der Waals surface area contributed by atoms with Crippen molar-refractivity contribution < 1.29 is 29.5 Å². The molecule has 0 aliphatic rings. The van der Waals surface area contributed by atoms with Crippen molar-refractivity contribution in [1.82, 2.24) is 0 Å². The second-order valence-electron chi connectivity index (χ2n) is 2.27. The van der Waals surface area contributed by atoms with E-state index in [0.29, 0.717) is 0 Å². The normalized spacial score (nSPS) is 12.0. The molecule has 0 saturated carbocycles. The summed E-state index contributed by atoms with van der Waals surface area (Å²) in [6.45, 7) is -0.507. The molecule has 0 aliphatic heterocycles. The molecule has 0 amide bonds. The van der Waals surface area contributed by atoms with Crippen LogP contribution in [-0.2, 0) is 14.2 Å². The number of aliphatic hydroxyl groups is 3. The number of rotatable bonds is 9. The lowest BCUT2D eigenvalue weighted by Crippen LogP contribution is -2.42. The first-order valence-electron chi connectivity index (χ1n) is 4.18. The fourth-order valence-electron chi connectivity index (χ4n) is 0.665. The maximum absolute atomic E-state index is 8.52. The highest BCUT2D eigenvalue weighted by molar-refractivity contribution is 6.12. The fraction of sp³-hybridized carbons (Fsp3) is 1.00. The summed E-state index contributed by atoms with van der Waals surface area (Å²) in [4.78, 5) is 0. The van der Waals surface area contributed by atoms with Crippen LogP contribution in [0.4, 0.5) is 0 Å². The van der Waals surface area contributed by atoms with Gasteiger partial charge in [0, 0.05) is 0 Å². The zero-order chi connectivity index (χ0) is 10.9. The van der Waals surface area contributed by atoms with Crippen LogP contribution in [0.3, 0.4) is 0 Å². The summed E-state index contributed by atoms with van der Waals surface area (Å²) in [7, 11) is 3.04. The Bertz CT molecular complexity index is 112. The second kappa shape index (κ2) is 8.30. The average Bonchev–Trinajstić information content (AvgIpc) is 2.21. The molecule has 14 heavy (non-hydrogen) atoms. The lowest BCUT2D eigenvalue weighted by Gasteiger charge is -2.29. The van der Waals surface area contributed by atoms with E-state index in [4.69, 9.17) is 29.5 Å². The van der Waals surface area contributed by atoms with Crippen molar-refractivity contribution in [3.8, 4) is 0 Å². The van der Waals surface area contributed by atoms with Gasteiger partial charge in [0.25, 0.3) is 0 Å². The maximum Gasteiger partial charge on any atom is 0.248 e. The number of ether oxygens (including phenoxy) is 3. The highest BCUT2D eigenvalue weighted by atomic mass is 28.1. The van der Waals surface area contributed by atoms with E-state index in [-0.39, 0.29) is 39.6 Å². The molecule has 3 N–H and O–H groups in total. The summed E-state index contributed by atoms with van der Waals surface area (Å²) in [5.74, 6) is 0. The van der Waals surface area contributed by atoms with Crippen LogP contribution >= 0.6 is 0 Å². The lowest BCUT2D eigenvalue weighted by molar-refractivity contribution is -0.329. The molecule has 0 atom stereocenters. The third kappa shape index (κ3) is 6.43. The molecular formula is C7H15O6Si. The standard InChI is InChI=1S/C7H15O6Si/c8-1-4-11-7(14,12-5-2-9)13-6-3-10/h8-10H,1-6H2. The van der Waals surface area contributed by atoms with Crippen LogP contribution in [0.1, 0.15) is 0 Å². The van der Waals surface area contributed by atoms with Gasteiger partial charge in [0.1, 0.15) is 0 Å². The minimum Gasteiger partial charge on any atom is -0.394 e. The Labute approximate surface area is 85.8 Å².